The molecule has 0 atom stereocenters. The van der Waals surface area contributed by atoms with Gasteiger partial charge in [0.1, 0.15) is 5.75 Å². The minimum Gasteiger partial charge on any atom is -0.483 e. The zero-order valence-electron chi connectivity index (χ0n) is 15.4. The molecule has 1 aliphatic carbocycles. The quantitative estimate of drug-likeness (QED) is 0.670. The van der Waals surface area contributed by atoms with Crippen LogP contribution in [0.15, 0.2) is 48.5 Å². The van der Waals surface area contributed by atoms with E-state index in [4.69, 9.17) is 4.74 Å². The highest BCUT2D eigenvalue weighted by molar-refractivity contribution is 5.81. The van der Waals surface area contributed by atoms with Crippen LogP contribution in [0.4, 0.5) is 0 Å². The predicted octanol–water partition coefficient (Wildman–Crippen LogP) is 4.19. The molecule has 4 nitrogen and oxygen atoms in total. The largest absolute Gasteiger partial charge is 0.483 e. The van der Waals surface area contributed by atoms with Crippen LogP contribution in [0.3, 0.4) is 0 Å². The van der Waals surface area contributed by atoms with Crippen LogP contribution < -0.4 is 4.74 Å². The van der Waals surface area contributed by atoms with Crippen molar-refractivity contribution in [1.82, 2.24) is 4.90 Å². The average Bonchev–Trinajstić information content (AvgIpc) is 3.49. The summed E-state index contributed by atoms with van der Waals surface area (Å²) in [5.41, 5.74) is 2.89. The van der Waals surface area contributed by atoms with Crippen molar-refractivity contribution in [2.24, 2.45) is 0 Å². The molecule has 1 saturated carbocycles. The number of nitrogens with zero attached hydrogens (tertiary/aromatic N) is 1. The maximum atomic E-state index is 12.7. The van der Waals surface area contributed by atoms with Gasteiger partial charge >= 0.3 is 0 Å². The number of carbonyl (C=O) groups excluding carboxylic acids is 2. The van der Waals surface area contributed by atoms with Crippen LogP contribution >= 0.6 is 0 Å². The third kappa shape index (κ3) is 4.51. The van der Waals surface area contributed by atoms with Gasteiger partial charge in [0.15, 0.2) is 12.9 Å². The molecule has 2 aromatic carbocycles. The van der Waals surface area contributed by atoms with Gasteiger partial charge in [-0.2, -0.15) is 0 Å². The lowest BCUT2D eigenvalue weighted by molar-refractivity contribution is -0.134. The summed E-state index contributed by atoms with van der Waals surface area (Å²) in [5, 5.41) is 0. The van der Waals surface area contributed by atoms with Gasteiger partial charge in [-0.25, -0.2) is 0 Å². The van der Waals surface area contributed by atoms with E-state index in [1.54, 1.807) is 24.3 Å². The number of ether oxygens (including phenoxy) is 1. The van der Waals surface area contributed by atoms with Gasteiger partial charge < -0.3 is 9.64 Å². The molecule has 0 aromatic heterocycles. The molecule has 0 radical (unpaired) electrons. The van der Waals surface area contributed by atoms with Crippen LogP contribution in [0.25, 0.3) is 0 Å². The molecule has 0 N–H and O–H groups in total. The molecule has 0 heterocycles. The van der Waals surface area contributed by atoms with Crippen LogP contribution in [-0.2, 0) is 11.3 Å². The van der Waals surface area contributed by atoms with Gasteiger partial charge in [-0.15, -0.1) is 0 Å². The Balaban J connectivity index is 1.64. The summed E-state index contributed by atoms with van der Waals surface area (Å²) in [6.45, 7) is 4.89. The summed E-state index contributed by atoms with van der Waals surface area (Å²) in [7, 11) is 0. The van der Waals surface area contributed by atoms with Crippen molar-refractivity contribution >= 4 is 12.2 Å². The summed E-state index contributed by atoms with van der Waals surface area (Å²) in [4.78, 5) is 25.7. The Kier molecular flexibility index (Phi) is 5.71. The number of hydrogen-bond acceptors (Lipinski definition) is 3. The fourth-order valence-corrected chi connectivity index (χ4v) is 2.94. The van der Waals surface area contributed by atoms with Crippen LogP contribution in [0.1, 0.15) is 54.1 Å². The molecular formula is C22H25NO3. The molecular weight excluding hydrogens is 326 g/mol. The lowest BCUT2D eigenvalue weighted by Crippen LogP contribution is -2.36. The highest BCUT2D eigenvalue weighted by Gasteiger charge is 2.32. The van der Waals surface area contributed by atoms with E-state index in [1.807, 2.05) is 4.90 Å². The van der Waals surface area contributed by atoms with Crippen LogP contribution in [0.2, 0.25) is 0 Å². The van der Waals surface area contributed by atoms with E-state index in [1.165, 1.54) is 5.56 Å². The highest BCUT2D eigenvalue weighted by Crippen LogP contribution is 2.29. The fourth-order valence-electron chi connectivity index (χ4n) is 2.94. The van der Waals surface area contributed by atoms with E-state index in [-0.39, 0.29) is 12.5 Å². The summed E-state index contributed by atoms with van der Waals surface area (Å²) < 4.78 is 5.61. The first kappa shape index (κ1) is 18.2. The zero-order chi connectivity index (χ0) is 18.5. The van der Waals surface area contributed by atoms with Crippen molar-refractivity contribution < 1.29 is 14.3 Å². The first-order valence-corrected chi connectivity index (χ1v) is 9.14. The van der Waals surface area contributed by atoms with Crippen LogP contribution in [-0.4, -0.2) is 29.7 Å². The van der Waals surface area contributed by atoms with E-state index >= 15 is 0 Å². The highest BCUT2D eigenvalue weighted by atomic mass is 16.5. The Labute approximate surface area is 154 Å². The number of para-hydroxylation sites is 1. The van der Waals surface area contributed by atoms with Crippen molar-refractivity contribution in [2.75, 3.05) is 6.61 Å². The fraction of sp³-hybridized carbons (Fsp3) is 0.364. The second kappa shape index (κ2) is 8.17. The van der Waals surface area contributed by atoms with Gasteiger partial charge in [0.2, 0.25) is 0 Å². The molecule has 1 amide bonds. The number of aldehydes is 1. The van der Waals surface area contributed by atoms with Crippen molar-refractivity contribution in [3.8, 4) is 5.75 Å². The van der Waals surface area contributed by atoms with Crippen LogP contribution in [0, 0.1) is 0 Å². The maximum absolute atomic E-state index is 12.7. The molecule has 0 saturated heterocycles. The van der Waals surface area contributed by atoms with Gasteiger partial charge in [0.25, 0.3) is 5.91 Å². The molecule has 0 bridgehead atoms. The second-order valence-corrected chi connectivity index (χ2v) is 7.09. The van der Waals surface area contributed by atoms with Crippen molar-refractivity contribution in [2.45, 2.75) is 45.2 Å². The summed E-state index contributed by atoms with van der Waals surface area (Å²) >= 11 is 0. The summed E-state index contributed by atoms with van der Waals surface area (Å²) in [6.07, 6.45) is 2.83. The number of benzene rings is 2. The third-order valence-corrected chi connectivity index (χ3v) is 4.70. The van der Waals surface area contributed by atoms with Gasteiger partial charge in [0, 0.05) is 12.6 Å². The molecule has 3 rings (SSSR count). The minimum absolute atomic E-state index is 0.0406. The molecule has 4 heteroatoms. The number of rotatable bonds is 8. The maximum Gasteiger partial charge on any atom is 0.261 e. The van der Waals surface area contributed by atoms with Gasteiger partial charge in [-0.1, -0.05) is 50.2 Å². The molecule has 136 valence electrons. The SMILES string of the molecule is CC(C)c1ccc(CN(C(=O)COc2ccccc2C=O)C2CC2)cc1. The molecule has 1 fully saturated rings. The molecule has 0 aliphatic heterocycles. The van der Waals surface area contributed by atoms with Gasteiger partial charge in [-0.05, 0) is 42.0 Å². The Morgan fingerprint density at radius 1 is 1.15 bits per heavy atom. The number of hydrogen-bond donors (Lipinski definition) is 0. The topological polar surface area (TPSA) is 46.6 Å². The molecule has 26 heavy (non-hydrogen) atoms. The lowest BCUT2D eigenvalue weighted by Gasteiger charge is -2.23. The van der Waals surface area contributed by atoms with E-state index in [0.29, 0.717) is 29.8 Å². The summed E-state index contributed by atoms with van der Waals surface area (Å²) in [5.74, 6) is 0.908. The molecule has 0 spiro atoms. The third-order valence-electron chi connectivity index (χ3n) is 4.70. The first-order valence-electron chi connectivity index (χ1n) is 9.14. The van der Waals surface area contributed by atoms with Crippen molar-refractivity contribution in [1.29, 1.82) is 0 Å². The van der Waals surface area contributed by atoms with Gasteiger partial charge in [0.05, 0.1) is 5.56 Å². The number of carbonyl (C=O) groups is 2. The molecule has 0 unspecified atom stereocenters. The Morgan fingerprint density at radius 3 is 2.46 bits per heavy atom. The monoisotopic (exact) mass is 351 g/mol. The number of amides is 1. The lowest BCUT2D eigenvalue weighted by atomic mass is 10.0. The zero-order valence-corrected chi connectivity index (χ0v) is 15.4. The van der Waals surface area contributed by atoms with Crippen molar-refractivity contribution in [3.63, 3.8) is 0 Å². The van der Waals surface area contributed by atoms with E-state index < -0.39 is 0 Å². The van der Waals surface area contributed by atoms with E-state index in [9.17, 15) is 9.59 Å². The standard InChI is InChI=1S/C22H25NO3/c1-16(2)18-9-7-17(8-10-18)13-23(20-11-12-20)22(25)15-26-21-6-4-3-5-19(21)14-24/h3-10,14,16,20H,11-13,15H2,1-2H3. The molecule has 1 aliphatic rings. The Morgan fingerprint density at radius 2 is 1.85 bits per heavy atom. The van der Waals surface area contributed by atoms with Crippen LogP contribution in [0.5, 0.6) is 5.75 Å². The second-order valence-electron chi connectivity index (χ2n) is 7.09. The van der Waals surface area contributed by atoms with Gasteiger partial charge in [-0.3, -0.25) is 9.59 Å². The van der Waals surface area contributed by atoms with E-state index in [2.05, 4.69) is 38.1 Å². The van der Waals surface area contributed by atoms with E-state index in [0.717, 1.165) is 24.7 Å². The molecule has 2 aromatic rings. The minimum atomic E-state index is -0.0502. The first-order chi connectivity index (χ1) is 12.6. The Hall–Kier alpha value is -2.62. The summed E-state index contributed by atoms with van der Waals surface area (Å²) in [6, 6.07) is 15.7. The smallest absolute Gasteiger partial charge is 0.261 e. The average molecular weight is 351 g/mol. The Bertz CT molecular complexity index is 763. The normalized spacial score (nSPS) is 13.5. The predicted molar refractivity (Wildman–Crippen MR) is 101 cm³/mol. The van der Waals surface area contributed by atoms with Crippen molar-refractivity contribution in [3.05, 3.63) is 65.2 Å².